The van der Waals surface area contributed by atoms with Crippen LogP contribution in [0.1, 0.15) is 57.4 Å². The lowest BCUT2D eigenvalue weighted by Gasteiger charge is -2.41. The molecule has 22 heteroatoms. The number of hydrogen-bond donors (Lipinski definition) is 1. The fourth-order valence-electron chi connectivity index (χ4n) is 6.85. The molecule has 0 aromatic carbocycles. The van der Waals surface area contributed by atoms with Crippen molar-refractivity contribution in [3.8, 4) is 17.7 Å². The summed E-state index contributed by atoms with van der Waals surface area (Å²) in [4.78, 5) is 63.0. The molecule has 0 bridgehead atoms. The lowest BCUT2D eigenvalue weighted by molar-refractivity contribution is -0.00813. The van der Waals surface area contributed by atoms with Gasteiger partial charge in [-0.2, -0.15) is 42.5 Å². The first-order chi connectivity index (χ1) is 28.9. The van der Waals surface area contributed by atoms with Crippen molar-refractivity contribution in [2.24, 2.45) is 0 Å². The summed E-state index contributed by atoms with van der Waals surface area (Å²) >= 11 is 12.4. The molecular formula is C40H40Cl2N14O4S2. The molecule has 1 saturated heterocycles. The van der Waals surface area contributed by atoms with Crippen LogP contribution in [0.15, 0.2) is 95.4 Å². The number of aromatic amines is 1. The number of aromatic nitrogens is 11. The SMILES string of the molecule is CC(C)(C)OC(=O)N1CCC1c1nn2ccc(Cl)c2c(=O)n1-c1ccccn1.CCN(Cc1nn2ccc(Cl)c2c(=O)n1-c1ccccn1)c1ncnc2[nH]cc(C#N)c12.S.S. The highest BCUT2D eigenvalue weighted by Crippen LogP contribution is 2.34. The number of anilines is 1. The van der Waals surface area contributed by atoms with Gasteiger partial charge in [-0.25, -0.2) is 42.9 Å². The number of fused-ring (bicyclic) bond motifs is 3. The zero-order valence-corrected chi connectivity index (χ0v) is 37.2. The van der Waals surface area contributed by atoms with Crippen molar-refractivity contribution < 1.29 is 9.53 Å². The number of nitrogens with one attached hydrogen (secondary N) is 1. The highest BCUT2D eigenvalue weighted by Gasteiger charge is 2.40. The van der Waals surface area contributed by atoms with Crippen molar-refractivity contribution in [1.82, 2.24) is 58.2 Å². The summed E-state index contributed by atoms with van der Waals surface area (Å²) < 4.78 is 11.3. The number of likely N-dealkylation sites (tertiary alicyclic amines) is 1. The van der Waals surface area contributed by atoms with Crippen LogP contribution in [0.2, 0.25) is 10.0 Å². The van der Waals surface area contributed by atoms with Gasteiger partial charge in [-0.1, -0.05) is 35.3 Å². The maximum atomic E-state index is 13.4. The molecule has 0 radical (unpaired) electrons. The molecule has 8 aromatic rings. The Balaban J connectivity index is 0.000000202. The molecule has 8 aromatic heterocycles. The van der Waals surface area contributed by atoms with Gasteiger partial charge in [-0.3, -0.25) is 14.5 Å². The van der Waals surface area contributed by atoms with Gasteiger partial charge >= 0.3 is 6.09 Å². The Hall–Kier alpha value is -6.40. The van der Waals surface area contributed by atoms with E-state index >= 15 is 0 Å². The molecule has 1 N–H and O–H groups in total. The van der Waals surface area contributed by atoms with E-state index in [1.807, 2.05) is 32.6 Å². The molecule has 0 saturated carbocycles. The number of nitrogens with zero attached hydrogens (tertiary/aromatic N) is 13. The van der Waals surface area contributed by atoms with Gasteiger partial charge in [0.25, 0.3) is 11.1 Å². The second-order valence-corrected chi connectivity index (χ2v) is 15.4. The predicted molar refractivity (Wildman–Crippen MR) is 244 cm³/mol. The maximum Gasteiger partial charge on any atom is 0.410 e. The summed E-state index contributed by atoms with van der Waals surface area (Å²) in [5.41, 5.74) is 0.264. The van der Waals surface area contributed by atoms with Crippen LogP contribution >= 0.6 is 50.2 Å². The summed E-state index contributed by atoms with van der Waals surface area (Å²) in [6.07, 6.45) is 9.75. The smallest absolute Gasteiger partial charge is 0.410 e. The van der Waals surface area contributed by atoms with Crippen LogP contribution in [0.4, 0.5) is 10.6 Å². The number of amides is 1. The van der Waals surface area contributed by atoms with Crippen molar-refractivity contribution in [3.63, 3.8) is 0 Å². The van der Waals surface area contributed by atoms with Gasteiger partial charge in [0, 0.05) is 44.1 Å². The fourth-order valence-corrected chi connectivity index (χ4v) is 7.29. The van der Waals surface area contributed by atoms with Crippen LogP contribution < -0.4 is 16.0 Å². The lowest BCUT2D eigenvalue weighted by atomic mass is 10.0. The van der Waals surface area contributed by atoms with Crippen LogP contribution in [-0.4, -0.2) is 83.0 Å². The molecule has 0 spiro atoms. The number of nitriles is 1. The number of rotatable bonds is 7. The van der Waals surface area contributed by atoms with Crippen molar-refractivity contribution in [2.75, 3.05) is 18.0 Å². The van der Waals surface area contributed by atoms with E-state index in [-0.39, 0.29) is 55.7 Å². The number of carbonyl (C=O) groups excluding carboxylic acids is 1. The second kappa shape index (κ2) is 18.3. The zero-order chi connectivity index (χ0) is 42.3. The number of ether oxygens (including phenoxy) is 1. The second-order valence-electron chi connectivity index (χ2n) is 14.6. The summed E-state index contributed by atoms with van der Waals surface area (Å²) in [6.45, 7) is 8.71. The molecule has 1 unspecified atom stereocenters. The third-order valence-electron chi connectivity index (χ3n) is 9.65. The zero-order valence-electron chi connectivity index (χ0n) is 33.7. The third kappa shape index (κ3) is 8.43. The van der Waals surface area contributed by atoms with Gasteiger partial charge in [-0.05, 0) is 70.5 Å². The Bertz CT molecular complexity index is 3070. The number of hydrogen-bond acceptors (Lipinski definition) is 12. The van der Waals surface area contributed by atoms with E-state index in [4.69, 9.17) is 27.9 Å². The van der Waals surface area contributed by atoms with Crippen molar-refractivity contribution >= 4 is 84.2 Å². The molecular weight excluding hydrogens is 876 g/mol. The molecule has 9 rings (SSSR count). The van der Waals surface area contributed by atoms with Gasteiger partial charge in [0.05, 0.1) is 33.6 Å². The highest BCUT2D eigenvalue weighted by atomic mass is 35.5. The molecule has 1 atom stereocenters. The number of carbonyl (C=O) groups is 1. The molecule has 62 heavy (non-hydrogen) atoms. The minimum atomic E-state index is -0.608. The average Bonchev–Trinajstić information content (AvgIpc) is 3.93. The Morgan fingerprint density at radius 1 is 0.903 bits per heavy atom. The normalized spacial score (nSPS) is 13.4. The predicted octanol–water partition coefficient (Wildman–Crippen LogP) is 6.14. The van der Waals surface area contributed by atoms with Crippen LogP contribution in [0.3, 0.4) is 0 Å². The molecule has 9 heterocycles. The van der Waals surface area contributed by atoms with Gasteiger partial charge in [0.15, 0.2) is 11.6 Å². The minimum absolute atomic E-state index is 0. The Morgan fingerprint density at radius 2 is 1.52 bits per heavy atom. The van der Waals surface area contributed by atoms with E-state index < -0.39 is 17.7 Å². The van der Waals surface area contributed by atoms with Crippen LogP contribution in [0.5, 0.6) is 0 Å². The highest BCUT2D eigenvalue weighted by molar-refractivity contribution is 7.59. The Labute approximate surface area is 377 Å². The van der Waals surface area contributed by atoms with Crippen molar-refractivity contribution in [3.05, 3.63) is 134 Å². The van der Waals surface area contributed by atoms with E-state index in [2.05, 4.69) is 41.2 Å². The molecule has 1 amide bonds. The van der Waals surface area contributed by atoms with Crippen molar-refractivity contribution in [2.45, 2.75) is 52.3 Å². The average molecular weight is 916 g/mol. The topological polar surface area (TPSA) is 203 Å². The van der Waals surface area contributed by atoms with Gasteiger partial charge in [-0.15, -0.1) is 0 Å². The third-order valence-corrected chi connectivity index (χ3v) is 10.3. The summed E-state index contributed by atoms with van der Waals surface area (Å²) in [6, 6.07) is 15.6. The van der Waals surface area contributed by atoms with E-state index in [0.717, 1.165) is 0 Å². The first-order valence-electron chi connectivity index (χ1n) is 18.8. The lowest BCUT2D eigenvalue weighted by Crippen LogP contribution is -2.49. The number of halogens is 2. The molecule has 1 fully saturated rings. The van der Waals surface area contributed by atoms with E-state index in [1.54, 1.807) is 84.4 Å². The van der Waals surface area contributed by atoms with Gasteiger partial charge < -0.3 is 14.6 Å². The first kappa shape index (κ1) is 45.1. The van der Waals surface area contributed by atoms with Crippen LogP contribution in [0.25, 0.3) is 33.7 Å². The number of H-pyrrole nitrogens is 1. The van der Waals surface area contributed by atoms with E-state index in [9.17, 15) is 19.6 Å². The van der Waals surface area contributed by atoms with Crippen molar-refractivity contribution in [1.29, 1.82) is 5.26 Å². The molecule has 18 nitrogen and oxygen atoms in total. The van der Waals surface area contributed by atoms with Crippen LogP contribution in [0, 0.1) is 11.3 Å². The summed E-state index contributed by atoms with van der Waals surface area (Å²) in [7, 11) is 0. The van der Waals surface area contributed by atoms with Gasteiger partial charge in [0.2, 0.25) is 0 Å². The minimum Gasteiger partial charge on any atom is -0.444 e. The van der Waals surface area contributed by atoms with Crippen LogP contribution in [-0.2, 0) is 11.3 Å². The largest absolute Gasteiger partial charge is 0.444 e. The molecule has 320 valence electrons. The summed E-state index contributed by atoms with van der Waals surface area (Å²) in [5, 5.41) is 20.0. The fraction of sp³-hybridized carbons (Fsp3) is 0.250. The Morgan fingerprint density at radius 3 is 2.06 bits per heavy atom. The van der Waals surface area contributed by atoms with E-state index in [1.165, 1.54) is 24.5 Å². The maximum absolute atomic E-state index is 13.4. The molecule has 0 aliphatic carbocycles. The van der Waals surface area contributed by atoms with Gasteiger partial charge in [0.1, 0.15) is 52.1 Å². The van der Waals surface area contributed by atoms with E-state index in [0.29, 0.717) is 75.3 Å². The molecule has 1 aliphatic heterocycles. The Kier molecular flexibility index (Phi) is 13.3. The molecule has 1 aliphatic rings. The standard InChI is InChI=1S/C21H16ClN9O.C19H20ClN5O3.2H2S/c1-2-29(20-17-13(9-23)10-25-19(17)26-12-27-20)11-16-28-30-8-6-14(22)18(30)21(32)31(16)15-5-3-4-7-24-15;1-19(2,3)28-18(27)23-10-8-13(23)16-22-24-11-7-12(20)15(24)17(26)25(16)14-6-4-5-9-21-14;;/h3-8,10,12H,2,11H2,1H3,(H,25,26,27);4-7,9,11,13H,8,10H2,1-3H3;2*1H2. The monoisotopic (exact) mass is 914 g/mol. The quantitative estimate of drug-likeness (QED) is 0.192. The number of pyridine rings is 2. The first-order valence-corrected chi connectivity index (χ1v) is 19.5. The summed E-state index contributed by atoms with van der Waals surface area (Å²) in [5.74, 6) is 2.29.